The number of nitrogens with two attached hydrogens (primary N) is 1. The molecular weight excluding hydrogens is 384 g/mol. The van der Waals surface area contributed by atoms with E-state index >= 15 is 0 Å². The number of nitrogens with one attached hydrogen (secondary N) is 3. The Morgan fingerprint density at radius 2 is 1.63 bits per heavy atom. The van der Waals surface area contributed by atoms with Crippen LogP contribution < -0.4 is 21.7 Å². The van der Waals surface area contributed by atoms with Gasteiger partial charge in [-0.15, -0.1) is 0 Å². The van der Waals surface area contributed by atoms with Gasteiger partial charge in [-0.2, -0.15) is 0 Å². The van der Waals surface area contributed by atoms with Crippen molar-refractivity contribution in [3.63, 3.8) is 0 Å². The zero-order valence-corrected chi connectivity index (χ0v) is 18.9. The minimum absolute atomic E-state index is 0.00393. The molecule has 0 aromatic rings. The molecule has 30 heavy (non-hydrogen) atoms. The molecular formula is C22H42N4O4. The van der Waals surface area contributed by atoms with Crippen LogP contribution in [0.5, 0.6) is 0 Å². The summed E-state index contributed by atoms with van der Waals surface area (Å²) in [6, 6.07) is -2.27. The number of unbranched alkanes of at least 4 members (excludes halogenated alkanes) is 1. The van der Waals surface area contributed by atoms with Gasteiger partial charge >= 0.3 is 12.0 Å². The smallest absolute Gasteiger partial charge is 0.326 e. The van der Waals surface area contributed by atoms with Crippen LogP contribution in [-0.2, 0) is 9.59 Å². The second-order valence-electron chi connectivity index (χ2n) is 8.77. The number of carboxylic acids is 1. The van der Waals surface area contributed by atoms with E-state index in [1.807, 2.05) is 6.92 Å². The fourth-order valence-corrected chi connectivity index (χ4v) is 3.92. The van der Waals surface area contributed by atoms with Crippen LogP contribution in [0.3, 0.4) is 0 Å². The predicted octanol–water partition coefficient (Wildman–Crippen LogP) is 2.76. The number of aliphatic carboxylic acids is 1. The highest BCUT2D eigenvalue weighted by Gasteiger charge is 2.29. The van der Waals surface area contributed by atoms with Gasteiger partial charge in [0.15, 0.2) is 0 Å². The van der Waals surface area contributed by atoms with E-state index in [0.717, 1.165) is 32.1 Å². The van der Waals surface area contributed by atoms with Crippen molar-refractivity contribution >= 4 is 17.9 Å². The largest absolute Gasteiger partial charge is 0.480 e. The van der Waals surface area contributed by atoms with Gasteiger partial charge in [0.1, 0.15) is 12.1 Å². The predicted molar refractivity (Wildman–Crippen MR) is 118 cm³/mol. The van der Waals surface area contributed by atoms with Crippen molar-refractivity contribution in [2.75, 3.05) is 6.54 Å². The first-order valence-corrected chi connectivity index (χ1v) is 11.6. The van der Waals surface area contributed by atoms with Crippen molar-refractivity contribution < 1.29 is 19.5 Å². The number of urea groups is 1. The van der Waals surface area contributed by atoms with Crippen molar-refractivity contribution in [1.29, 1.82) is 0 Å². The molecule has 8 heteroatoms. The molecule has 0 spiro atoms. The highest BCUT2D eigenvalue weighted by molar-refractivity contribution is 5.88. The van der Waals surface area contributed by atoms with Gasteiger partial charge in [0.25, 0.3) is 0 Å². The van der Waals surface area contributed by atoms with Crippen LogP contribution >= 0.6 is 0 Å². The zero-order valence-electron chi connectivity index (χ0n) is 18.9. The molecule has 4 atom stereocenters. The Balaban J connectivity index is 2.75. The van der Waals surface area contributed by atoms with Crippen LogP contribution in [0.2, 0.25) is 0 Å². The second kappa shape index (κ2) is 14.2. The SMILES string of the molecule is CCC(C)C(C)NC(=O)[C@@H](CC1CCCCC1)NC(=O)N[C@@H](CCCCN)C(=O)O. The van der Waals surface area contributed by atoms with Crippen LogP contribution in [0.15, 0.2) is 0 Å². The van der Waals surface area contributed by atoms with E-state index < -0.39 is 24.1 Å². The van der Waals surface area contributed by atoms with Crippen molar-refractivity contribution in [2.24, 2.45) is 17.6 Å². The van der Waals surface area contributed by atoms with Gasteiger partial charge < -0.3 is 26.8 Å². The molecule has 0 aromatic carbocycles. The summed E-state index contributed by atoms with van der Waals surface area (Å²) in [5, 5.41) is 17.7. The zero-order chi connectivity index (χ0) is 22.5. The first-order valence-electron chi connectivity index (χ1n) is 11.6. The second-order valence-corrected chi connectivity index (χ2v) is 8.77. The summed E-state index contributed by atoms with van der Waals surface area (Å²) in [7, 11) is 0. The van der Waals surface area contributed by atoms with Crippen molar-refractivity contribution in [3.05, 3.63) is 0 Å². The Hall–Kier alpha value is -1.83. The summed E-state index contributed by atoms with van der Waals surface area (Å²) in [5.74, 6) is -0.551. The molecule has 174 valence electrons. The maximum Gasteiger partial charge on any atom is 0.326 e. The Morgan fingerprint density at radius 3 is 2.20 bits per heavy atom. The summed E-state index contributed by atoms with van der Waals surface area (Å²) in [4.78, 5) is 36.9. The third-order valence-corrected chi connectivity index (χ3v) is 6.33. The molecule has 1 fully saturated rings. The Bertz CT molecular complexity index is 537. The highest BCUT2D eigenvalue weighted by Crippen LogP contribution is 2.27. The van der Waals surface area contributed by atoms with Gasteiger partial charge in [0.2, 0.25) is 5.91 Å². The van der Waals surface area contributed by atoms with Crippen molar-refractivity contribution in [1.82, 2.24) is 16.0 Å². The van der Waals surface area contributed by atoms with Crippen LogP contribution in [0.25, 0.3) is 0 Å². The third-order valence-electron chi connectivity index (χ3n) is 6.33. The maximum absolute atomic E-state index is 12.9. The summed E-state index contributed by atoms with van der Waals surface area (Å²) in [5.41, 5.74) is 5.46. The topological polar surface area (TPSA) is 134 Å². The molecule has 3 amide bonds. The van der Waals surface area contributed by atoms with Crippen molar-refractivity contribution in [3.8, 4) is 0 Å². The van der Waals surface area contributed by atoms with Crippen molar-refractivity contribution in [2.45, 2.75) is 103 Å². The molecule has 0 aliphatic heterocycles. The molecule has 2 unspecified atom stereocenters. The minimum atomic E-state index is -1.08. The molecule has 1 aliphatic rings. The van der Waals surface area contributed by atoms with Gasteiger partial charge in [0.05, 0.1) is 0 Å². The lowest BCUT2D eigenvalue weighted by Crippen LogP contribution is -2.55. The molecule has 0 saturated heterocycles. The lowest BCUT2D eigenvalue weighted by molar-refractivity contribution is -0.139. The fraction of sp³-hybridized carbons (Fsp3) is 0.864. The number of hydrogen-bond acceptors (Lipinski definition) is 4. The fourth-order valence-electron chi connectivity index (χ4n) is 3.92. The first kappa shape index (κ1) is 26.2. The van der Waals surface area contributed by atoms with E-state index in [4.69, 9.17) is 5.73 Å². The van der Waals surface area contributed by atoms with Crippen LogP contribution in [0, 0.1) is 11.8 Å². The van der Waals surface area contributed by atoms with Crippen LogP contribution in [0.1, 0.15) is 85.0 Å². The summed E-state index contributed by atoms with van der Waals surface area (Å²) < 4.78 is 0. The first-order chi connectivity index (χ1) is 14.3. The van der Waals surface area contributed by atoms with Gasteiger partial charge in [-0.3, -0.25) is 4.79 Å². The maximum atomic E-state index is 12.9. The number of carbonyl (C=O) groups is 3. The molecule has 0 radical (unpaired) electrons. The number of hydrogen-bond donors (Lipinski definition) is 5. The summed E-state index contributed by atoms with van der Waals surface area (Å²) in [6.45, 7) is 6.62. The highest BCUT2D eigenvalue weighted by atomic mass is 16.4. The standard InChI is InChI=1S/C22H42N4O4/c1-4-15(2)16(3)24-20(27)19(14-17-10-6-5-7-11-17)26-22(30)25-18(21(28)29)12-8-9-13-23/h15-19H,4-14,23H2,1-3H3,(H,24,27)(H,28,29)(H2,25,26,30)/t15?,16?,18-,19+/m0/s1. The van der Waals surface area contributed by atoms with Crippen LogP contribution in [-0.4, -0.2) is 47.7 Å². The van der Waals surface area contributed by atoms with E-state index in [2.05, 4.69) is 29.8 Å². The number of amides is 3. The van der Waals surface area contributed by atoms with Gasteiger partial charge in [-0.25, -0.2) is 9.59 Å². The number of carboxylic acid groups (broad SMARTS) is 1. The quantitative estimate of drug-likeness (QED) is 0.289. The lowest BCUT2D eigenvalue weighted by Gasteiger charge is -2.29. The Labute approximate surface area is 181 Å². The normalized spacial score (nSPS) is 18.7. The Kier molecular flexibility index (Phi) is 12.4. The Morgan fingerprint density at radius 1 is 1.00 bits per heavy atom. The molecule has 1 saturated carbocycles. The number of rotatable bonds is 13. The molecule has 1 rings (SSSR count). The summed E-state index contributed by atoms with van der Waals surface area (Å²) >= 11 is 0. The average molecular weight is 427 g/mol. The average Bonchev–Trinajstić information content (AvgIpc) is 2.72. The van der Waals surface area contributed by atoms with Crippen LogP contribution in [0.4, 0.5) is 4.79 Å². The number of carbonyl (C=O) groups excluding carboxylic acids is 2. The van der Waals surface area contributed by atoms with E-state index in [1.54, 1.807) is 0 Å². The lowest BCUT2D eigenvalue weighted by atomic mass is 9.84. The van der Waals surface area contributed by atoms with E-state index in [1.165, 1.54) is 6.42 Å². The minimum Gasteiger partial charge on any atom is -0.480 e. The molecule has 1 aliphatic carbocycles. The summed E-state index contributed by atoms with van der Waals surface area (Å²) in [6.07, 6.45) is 8.80. The monoisotopic (exact) mass is 426 g/mol. The van der Waals surface area contributed by atoms with E-state index in [0.29, 0.717) is 44.1 Å². The molecule has 8 nitrogen and oxygen atoms in total. The van der Waals surface area contributed by atoms with E-state index in [-0.39, 0.29) is 11.9 Å². The molecule has 0 bridgehead atoms. The van der Waals surface area contributed by atoms with Gasteiger partial charge in [-0.1, -0.05) is 52.4 Å². The molecule has 0 heterocycles. The van der Waals surface area contributed by atoms with Gasteiger partial charge in [-0.05, 0) is 51.0 Å². The van der Waals surface area contributed by atoms with Gasteiger partial charge in [0, 0.05) is 6.04 Å². The molecule has 0 aromatic heterocycles. The third kappa shape index (κ3) is 9.78. The molecule has 6 N–H and O–H groups in total. The van der Waals surface area contributed by atoms with E-state index in [9.17, 15) is 19.5 Å².